The van der Waals surface area contributed by atoms with Crippen LogP contribution in [-0.4, -0.2) is 25.9 Å². The number of hydrogen-bond acceptors (Lipinski definition) is 6. The first-order valence-corrected chi connectivity index (χ1v) is 4.37. The number of imidazole rings is 1. The van der Waals surface area contributed by atoms with Crippen LogP contribution < -0.4 is 5.73 Å². The number of aromatic nitrogens is 4. The highest BCUT2D eigenvalue weighted by Gasteiger charge is 2.10. The maximum atomic E-state index is 12.8. The molecule has 2 heterocycles. The molecule has 2 aromatic heterocycles. The Labute approximate surface area is 88.9 Å². The summed E-state index contributed by atoms with van der Waals surface area (Å²) in [6.07, 6.45) is -0.949. The molecule has 8 heteroatoms. The van der Waals surface area contributed by atoms with Crippen molar-refractivity contribution >= 4 is 23.0 Å². The van der Waals surface area contributed by atoms with E-state index in [0.717, 1.165) is 0 Å². The number of fused-ring (bicyclic) bond motifs is 1. The van der Waals surface area contributed by atoms with Crippen LogP contribution in [0.1, 0.15) is 12.7 Å². The summed E-state index contributed by atoms with van der Waals surface area (Å²) in [5.74, 6) is -0.147. The average Bonchev–Trinajstić information content (AvgIpc) is 2.57. The number of carbonyl (C=O) groups excluding carboxylic acids is 1. The summed E-state index contributed by atoms with van der Waals surface area (Å²) in [6, 6.07) is 0. The van der Waals surface area contributed by atoms with Crippen LogP contribution in [0.2, 0.25) is 0 Å². The van der Waals surface area contributed by atoms with Crippen molar-refractivity contribution in [2.75, 3.05) is 5.73 Å². The number of H-pyrrole nitrogens is 1. The summed E-state index contributed by atoms with van der Waals surface area (Å²) < 4.78 is 17.5. The Hall–Kier alpha value is -2.25. The largest absolute Gasteiger partial charge is 0.458 e. The van der Waals surface area contributed by atoms with E-state index in [1.807, 2.05) is 0 Å². The molecule has 84 valence electrons. The topological polar surface area (TPSA) is 107 Å². The van der Waals surface area contributed by atoms with Crippen molar-refractivity contribution in [3.63, 3.8) is 0 Å². The smallest absolute Gasteiger partial charge is 0.312 e. The Morgan fingerprint density at radius 1 is 1.50 bits per heavy atom. The molecule has 0 radical (unpaired) electrons. The van der Waals surface area contributed by atoms with Crippen LogP contribution in [0.15, 0.2) is 0 Å². The number of aromatic amines is 1. The second-order valence-electron chi connectivity index (χ2n) is 3.04. The Morgan fingerprint density at radius 2 is 2.25 bits per heavy atom. The molecule has 16 heavy (non-hydrogen) atoms. The molecule has 2 aromatic rings. The average molecular weight is 225 g/mol. The van der Waals surface area contributed by atoms with E-state index >= 15 is 0 Å². The van der Waals surface area contributed by atoms with E-state index in [1.165, 1.54) is 6.92 Å². The van der Waals surface area contributed by atoms with Gasteiger partial charge in [0, 0.05) is 6.92 Å². The molecule has 0 spiro atoms. The zero-order chi connectivity index (χ0) is 11.7. The predicted octanol–water partition coefficient (Wildman–Crippen LogP) is 0.137. The first-order chi connectivity index (χ1) is 7.56. The van der Waals surface area contributed by atoms with Crippen LogP contribution in [0.25, 0.3) is 11.2 Å². The summed E-state index contributed by atoms with van der Waals surface area (Å²) in [7, 11) is 0. The first-order valence-electron chi connectivity index (χ1n) is 4.37. The fraction of sp³-hybridized carbons (Fsp3) is 0.250. The SMILES string of the molecule is CC(=O)OCc1nc2nc(F)nc(N)c2[nH]1. The van der Waals surface area contributed by atoms with Gasteiger partial charge in [-0.15, -0.1) is 0 Å². The van der Waals surface area contributed by atoms with Gasteiger partial charge in [-0.25, -0.2) is 4.98 Å². The minimum Gasteiger partial charge on any atom is -0.458 e. The highest BCUT2D eigenvalue weighted by atomic mass is 19.1. The van der Waals surface area contributed by atoms with Gasteiger partial charge in [-0.3, -0.25) is 4.79 Å². The molecule has 0 saturated carbocycles. The van der Waals surface area contributed by atoms with Gasteiger partial charge in [0.1, 0.15) is 17.9 Å². The van der Waals surface area contributed by atoms with Crippen LogP contribution in [0.4, 0.5) is 10.2 Å². The van der Waals surface area contributed by atoms with E-state index in [2.05, 4.69) is 19.9 Å². The highest BCUT2D eigenvalue weighted by molar-refractivity contribution is 5.81. The minimum absolute atomic E-state index is 0.0379. The van der Waals surface area contributed by atoms with E-state index in [0.29, 0.717) is 11.3 Å². The highest BCUT2D eigenvalue weighted by Crippen LogP contribution is 2.14. The lowest BCUT2D eigenvalue weighted by Crippen LogP contribution is -2.00. The zero-order valence-corrected chi connectivity index (χ0v) is 8.32. The van der Waals surface area contributed by atoms with Crippen LogP contribution >= 0.6 is 0 Å². The second kappa shape index (κ2) is 3.72. The second-order valence-corrected chi connectivity index (χ2v) is 3.04. The standard InChI is InChI=1S/C8H8FN5O2/c1-3(15)16-2-4-11-5-6(10)13-8(9)14-7(5)12-4/h2H2,1H3,(H3,10,11,12,13,14). The lowest BCUT2D eigenvalue weighted by molar-refractivity contribution is -0.142. The number of carbonyl (C=O) groups is 1. The fourth-order valence-electron chi connectivity index (χ4n) is 1.18. The summed E-state index contributed by atoms with van der Waals surface area (Å²) >= 11 is 0. The van der Waals surface area contributed by atoms with Gasteiger partial charge in [-0.05, 0) is 0 Å². The maximum absolute atomic E-state index is 12.8. The van der Waals surface area contributed by atoms with Gasteiger partial charge in [0.05, 0.1) is 0 Å². The number of halogens is 1. The Balaban J connectivity index is 2.36. The van der Waals surface area contributed by atoms with Crippen molar-refractivity contribution in [2.45, 2.75) is 13.5 Å². The van der Waals surface area contributed by atoms with E-state index < -0.39 is 12.0 Å². The van der Waals surface area contributed by atoms with Crippen LogP contribution in [0.5, 0.6) is 0 Å². The third-order valence-electron chi connectivity index (χ3n) is 1.81. The van der Waals surface area contributed by atoms with Gasteiger partial charge in [-0.2, -0.15) is 14.4 Å². The van der Waals surface area contributed by atoms with E-state index in [4.69, 9.17) is 10.5 Å². The Morgan fingerprint density at radius 3 is 2.94 bits per heavy atom. The number of hydrogen-bond donors (Lipinski definition) is 2. The Bertz CT molecular complexity index is 553. The molecule has 0 aliphatic rings. The summed E-state index contributed by atoms with van der Waals surface area (Å²) in [5.41, 5.74) is 5.88. The number of anilines is 1. The van der Waals surface area contributed by atoms with Crippen molar-refractivity contribution in [1.82, 2.24) is 19.9 Å². The third-order valence-corrected chi connectivity index (χ3v) is 1.81. The molecule has 0 aliphatic heterocycles. The van der Waals surface area contributed by atoms with Gasteiger partial charge < -0.3 is 15.5 Å². The molecule has 0 saturated heterocycles. The van der Waals surface area contributed by atoms with Crippen molar-refractivity contribution in [3.05, 3.63) is 11.9 Å². The number of nitrogens with one attached hydrogen (secondary N) is 1. The third kappa shape index (κ3) is 1.90. The van der Waals surface area contributed by atoms with Crippen LogP contribution in [-0.2, 0) is 16.1 Å². The zero-order valence-electron chi connectivity index (χ0n) is 8.32. The molecular weight excluding hydrogens is 217 g/mol. The number of rotatable bonds is 2. The van der Waals surface area contributed by atoms with Crippen molar-refractivity contribution in [3.8, 4) is 0 Å². The van der Waals surface area contributed by atoms with Gasteiger partial charge in [0.15, 0.2) is 11.5 Å². The number of ether oxygens (including phenoxy) is 1. The molecular formula is C8H8FN5O2. The molecule has 0 atom stereocenters. The van der Waals surface area contributed by atoms with Gasteiger partial charge >= 0.3 is 12.0 Å². The number of esters is 1. The minimum atomic E-state index is -0.949. The van der Waals surface area contributed by atoms with E-state index in [9.17, 15) is 9.18 Å². The quantitative estimate of drug-likeness (QED) is 0.556. The van der Waals surface area contributed by atoms with E-state index in [1.54, 1.807) is 0 Å². The molecule has 7 nitrogen and oxygen atoms in total. The molecule has 0 bridgehead atoms. The fourth-order valence-corrected chi connectivity index (χ4v) is 1.18. The molecule has 2 rings (SSSR count). The van der Waals surface area contributed by atoms with Crippen LogP contribution in [0, 0.1) is 6.08 Å². The number of nitrogens with two attached hydrogens (primary N) is 1. The summed E-state index contributed by atoms with van der Waals surface area (Å²) in [5, 5.41) is 0. The van der Waals surface area contributed by atoms with Gasteiger partial charge in [-0.1, -0.05) is 0 Å². The lowest BCUT2D eigenvalue weighted by atomic mass is 10.5. The van der Waals surface area contributed by atoms with Crippen molar-refractivity contribution in [2.24, 2.45) is 0 Å². The first kappa shape index (κ1) is 10.3. The van der Waals surface area contributed by atoms with Crippen LogP contribution in [0.3, 0.4) is 0 Å². The molecule has 0 aromatic carbocycles. The summed E-state index contributed by atoms with van der Waals surface area (Å²) in [4.78, 5) is 24.0. The summed E-state index contributed by atoms with van der Waals surface area (Å²) in [6.45, 7) is 1.23. The normalized spacial score (nSPS) is 10.6. The Kier molecular flexibility index (Phi) is 2.39. The van der Waals surface area contributed by atoms with Gasteiger partial charge in [0.25, 0.3) is 0 Å². The molecule has 0 amide bonds. The number of nitrogen functional groups attached to an aromatic ring is 1. The van der Waals surface area contributed by atoms with E-state index in [-0.39, 0.29) is 18.1 Å². The predicted molar refractivity (Wildman–Crippen MR) is 51.5 cm³/mol. The molecule has 0 aliphatic carbocycles. The maximum Gasteiger partial charge on any atom is 0.312 e. The lowest BCUT2D eigenvalue weighted by Gasteiger charge is -1.96. The monoisotopic (exact) mass is 225 g/mol. The molecule has 0 unspecified atom stereocenters. The molecule has 3 N–H and O–H groups in total. The van der Waals surface area contributed by atoms with Crippen molar-refractivity contribution in [1.29, 1.82) is 0 Å². The number of nitrogens with zero attached hydrogens (tertiary/aromatic N) is 3. The molecule has 0 fully saturated rings. The van der Waals surface area contributed by atoms with Gasteiger partial charge in [0.2, 0.25) is 0 Å². The van der Waals surface area contributed by atoms with Crippen molar-refractivity contribution < 1.29 is 13.9 Å².